The van der Waals surface area contributed by atoms with Crippen molar-refractivity contribution in [3.05, 3.63) is 70.2 Å². The van der Waals surface area contributed by atoms with E-state index in [0.717, 1.165) is 24.5 Å². The number of aromatic nitrogens is 3. The standard InChI is InChI=1S/C19H19Cl2N5/c1-13-23-18(25-17-10-15(20)9-16(21)11-17)12-19(24-13)26(2)8-5-14-3-6-22-7-4-14/h3-4,6-7,9-12H,5,8H2,1-2H3,(H,23,24,25). The van der Waals surface area contributed by atoms with E-state index in [0.29, 0.717) is 21.7 Å². The topological polar surface area (TPSA) is 53.9 Å². The minimum Gasteiger partial charge on any atom is -0.359 e. The number of nitrogens with zero attached hydrogens (tertiary/aromatic N) is 4. The molecule has 0 saturated heterocycles. The number of pyridine rings is 1. The van der Waals surface area contributed by atoms with Crippen molar-refractivity contribution in [1.29, 1.82) is 0 Å². The Hall–Kier alpha value is -2.37. The van der Waals surface area contributed by atoms with E-state index in [4.69, 9.17) is 23.2 Å². The first-order chi connectivity index (χ1) is 12.5. The molecule has 5 nitrogen and oxygen atoms in total. The third-order valence-corrected chi connectivity index (χ3v) is 4.27. The minimum absolute atomic E-state index is 0.570. The average molecular weight is 388 g/mol. The molecule has 0 bridgehead atoms. The van der Waals surface area contributed by atoms with Crippen LogP contribution in [0, 0.1) is 6.92 Å². The van der Waals surface area contributed by atoms with Crippen LogP contribution in [0.5, 0.6) is 0 Å². The highest BCUT2D eigenvalue weighted by Crippen LogP contribution is 2.25. The predicted molar refractivity (Wildman–Crippen MR) is 108 cm³/mol. The summed E-state index contributed by atoms with van der Waals surface area (Å²) >= 11 is 12.1. The van der Waals surface area contributed by atoms with Crippen molar-refractivity contribution in [2.75, 3.05) is 23.8 Å². The fraction of sp³-hybridized carbons (Fsp3) is 0.211. The van der Waals surface area contributed by atoms with E-state index >= 15 is 0 Å². The Morgan fingerprint density at radius 2 is 1.69 bits per heavy atom. The van der Waals surface area contributed by atoms with E-state index in [-0.39, 0.29) is 0 Å². The van der Waals surface area contributed by atoms with E-state index in [9.17, 15) is 0 Å². The molecule has 3 rings (SSSR count). The highest BCUT2D eigenvalue weighted by Gasteiger charge is 2.08. The molecule has 0 saturated carbocycles. The second-order valence-corrected chi connectivity index (χ2v) is 6.84. The molecule has 26 heavy (non-hydrogen) atoms. The number of rotatable bonds is 6. The normalized spacial score (nSPS) is 10.6. The quantitative estimate of drug-likeness (QED) is 0.650. The number of hydrogen-bond donors (Lipinski definition) is 1. The number of aryl methyl sites for hydroxylation is 1. The van der Waals surface area contributed by atoms with Crippen LogP contribution in [0.1, 0.15) is 11.4 Å². The lowest BCUT2D eigenvalue weighted by atomic mass is 10.2. The molecule has 0 aliphatic rings. The molecule has 0 aliphatic heterocycles. The number of likely N-dealkylation sites (N-methyl/N-ethyl adjacent to an activating group) is 1. The van der Waals surface area contributed by atoms with Crippen LogP contribution < -0.4 is 10.2 Å². The molecular formula is C19H19Cl2N5. The van der Waals surface area contributed by atoms with E-state index in [2.05, 4.69) is 25.2 Å². The zero-order valence-electron chi connectivity index (χ0n) is 14.6. The van der Waals surface area contributed by atoms with Gasteiger partial charge in [0.15, 0.2) is 0 Å². The smallest absolute Gasteiger partial charge is 0.136 e. The molecular weight excluding hydrogens is 369 g/mol. The van der Waals surface area contributed by atoms with Gasteiger partial charge < -0.3 is 10.2 Å². The molecule has 134 valence electrons. The summed E-state index contributed by atoms with van der Waals surface area (Å²) in [5, 5.41) is 4.38. The monoisotopic (exact) mass is 387 g/mol. The van der Waals surface area contributed by atoms with Gasteiger partial charge in [0.05, 0.1) is 0 Å². The van der Waals surface area contributed by atoms with Crippen molar-refractivity contribution >= 4 is 40.5 Å². The predicted octanol–water partition coefficient (Wildman–Crippen LogP) is 4.91. The van der Waals surface area contributed by atoms with E-state index in [1.807, 2.05) is 44.6 Å². The van der Waals surface area contributed by atoms with Crippen LogP contribution in [0.25, 0.3) is 0 Å². The Morgan fingerprint density at radius 3 is 2.38 bits per heavy atom. The summed E-state index contributed by atoms with van der Waals surface area (Å²) in [6, 6.07) is 11.3. The van der Waals surface area contributed by atoms with Crippen LogP contribution in [-0.4, -0.2) is 28.5 Å². The molecule has 1 aromatic carbocycles. The lowest BCUT2D eigenvalue weighted by Gasteiger charge is -2.19. The summed E-state index contributed by atoms with van der Waals surface area (Å²) in [6.45, 7) is 2.71. The number of halogens is 2. The van der Waals surface area contributed by atoms with Crippen molar-refractivity contribution in [2.45, 2.75) is 13.3 Å². The van der Waals surface area contributed by atoms with Gasteiger partial charge >= 0.3 is 0 Å². The van der Waals surface area contributed by atoms with Crippen molar-refractivity contribution in [2.24, 2.45) is 0 Å². The number of benzene rings is 1. The van der Waals surface area contributed by atoms with E-state index in [1.165, 1.54) is 5.56 Å². The lowest BCUT2D eigenvalue weighted by Crippen LogP contribution is -2.22. The number of nitrogens with one attached hydrogen (secondary N) is 1. The molecule has 7 heteroatoms. The molecule has 0 radical (unpaired) electrons. The van der Waals surface area contributed by atoms with E-state index in [1.54, 1.807) is 18.2 Å². The maximum Gasteiger partial charge on any atom is 0.136 e. The maximum atomic E-state index is 6.06. The molecule has 2 aromatic heterocycles. The summed E-state index contributed by atoms with van der Waals surface area (Å²) in [5.74, 6) is 2.23. The van der Waals surface area contributed by atoms with Gasteiger partial charge in [0.1, 0.15) is 17.5 Å². The molecule has 0 amide bonds. The molecule has 0 atom stereocenters. The number of anilines is 3. The largest absolute Gasteiger partial charge is 0.359 e. The lowest BCUT2D eigenvalue weighted by molar-refractivity contribution is 0.848. The van der Waals surface area contributed by atoms with Crippen molar-refractivity contribution in [1.82, 2.24) is 15.0 Å². The Morgan fingerprint density at radius 1 is 1.00 bits per heavy atom. The molecule has 2 heterocycles. The third kappa shape index (κ3) is 5.07. The molecule has 1 N–H and O–H groups in total. The highest BCUT2D eigenvalue weighted by atomic mass is 35.5. The zero-order valence-corrected chi connectivity index (χ0v) is 16.1. The molecule has 3 aromatic rings. The maximum absolute atomic E-state index is 6.06. The van der Waals surface area contributed by atoms with Gasteiger partial charge in [0.2, 0.25) is 0 Å². The van der Waals surface area contributed by atoms with Crippen LogP contribution in [-0.2, 0) is 6.42 Å². The highest BCUT2D eigenvalue weighted by molar-refractivity contribution is 6.35. The molecule has 0 fully saturated rings. The van der Waals surface area contributed by atoms with Crippen molar-refractivity contribution in [3.63, 3.8) is 0 Å². The van der Waals surface area contributed by atoms with Gasteiger partial charge in [-0.05, 0) is 49.2 Å². The Kier molecular flexibility index (Phi) is 5.91. The second-order valence-electron chi connectivity index (χ2n) is 5.97. The summed E-state index contributed by atoms with van der Waals surface area (Å²) in [5.41, 5.74) is 2.02. The van der Waals surface area contributed by atoms with Gasteiger partial charge in [-0.15, -0.1) is 0 Å². The van der Waals surface area contributed by atoms with Crippen LogP contribution in [0.4, 0.5) is 17.3 Å². The first kappa shape index (κ1) is 18.4. The van der Waals surface area contributed by atoms with Gasteiger partial charge in [0, 0.05) is 47.8 Å². The Labute approximate surface area is 163 Å². The summed E-state index contributed by atoms with van der Waals surface area (Å²) < 4.78 is 0. The molecule has 0 unspecified atom stereocenters. The van der Waals surface area contributed by atoms with Crippen LogP contribution in [0.15, 0.2) is 48.8 Å². The molecule has 0 spiro atoms. The number of hydrogen-bond acceptors (Lipinski definition) is 5. The summed E-state index contributed by atoms with van der Waals surface area (Å²) in [4.78, 5) is 15.1. The Bertz CT molecular complexity index is 866. The summed E-state index contributed by atoms with van der Waals surface area (Å²) in [7, 11) is 2.02. The van der Waals surface area contributed by atoms with Gasteiger partial charge in [-0.2, -0.15) is 0 Å². The molecule has 0 aliphatic carbocycles. The minimum atomic E-state index is 0.570. The average Bonchev–Trinajstić information content (AvgIpc) is 2.59. The summed E-state index contributed by atoms with van der Waals surface area (Å²) in [6.07, 6.45) is 4.53. The van der Waals surface area contributed by atoms with Crippen molar-refractivity contribution in [3.8, 4) is 0 Å². The van der Waals surface area contributed by atoms with Crippen LogP contribution in [0.2, 0.25) is 10.0 Å². The fourth-order valence-electron chi connectivity index (χ4n) is 2.55. The first-order valence-electron chi connectivity index (χ1n) is 8.18. The second kappa shape index (κ2) is 8.34. The van der Waals surface area contributed by atoms with Crippen LogP contribution in [0.3, 0.4) is 0 Å². The third-order valence-electron chi connectivity index (χ3n) is 3.84. The Balaban J connectivity index is 1.74. The van der Waals surface area contributed by atoms with Gasteiger partial charge in [0.25, 0.3) is 0 Å². The van der Waals surface area contributed by atoms with Crippen molar-refractivity contribution < 1.29 is 0 Å². The van der Waals surface area contributed by atoms with E-state index < -0.39 is 0 Å². The zero-order chi connectivity index (χ0) is 18.5. The SMILES string of the molecule is Cc1nc(Nc2cc(Cl)cc(Cl)c2)cc(N(C)CCc2ccncc2)n1. The van der Waals surface area contributed by atoms with Gasteiger partial charge in [-0.3, -0.25) is 4.98 Å². The fourth-order valence-corrected chi connectivity index (χ4v) is 3.07. The van der Waals surface area contributed by atoms with Gasteiger partial charge in [-0.25, -0.2) is 9.97 Å². The van der Waals surface area contributed by atoms with Gasteiger partial charge in [-0.1, -0.05) is 23.2 Å². The first-order valence-corrected chi connectivity index (χ1v) is 8.94. The van der Waals surface area contributed by atoms with Crippen LogP contribution >= 0.6 is 23.2 Å².